The molecule has 1 saturated heterocycles. The van der Waals surface area contributed by atoms with E-state index in [1.807, 2.05) is 7.05 Å². The first-order valence-electron chi connectivity index (χ1n) is 5.63. The third kappa shape index (κ3) is 2.94. The molecule has 0 aromatic heterocycles. The molecule has 14 heavy (non-hydrogen) atoms. The van der Waals surface area contributed by atoms with Gasteiger partial charge in [-0.2, -0.15) is 0 Å². The molecule has 0 bridgehead atoms. The number of aliphatic hydroxyl groups is 1. The van der Waals surface area contributed by atoms with Crippen LogP contribution in [0.5, 0.6) is 0 Å². The van der Waals surface area contributed by atoms with Crippen LogP contribution in [0.2, 0.25) is 0 Å². The van der Waals surface area contributed by atoms with Crippen LogP contribution in [0.1, 0.15) is 33.1 Å². The number of hydrogen-bond acceptors (Lipinski definition) is 3. The SMILES string of the molecule is CNC(CCO)CN1CCCC1(C)C. The minimum Gasteiger partial charge on any atom is -0.396 e. The molecule has 3 heteroatoms. The van der Waals surface area contributed by atoms with Crippen molar-refractivity contribution in [1.29, 1.82) is 0 Å². The summed E-state index contributed by atoms with van der Waals surface area (Å²) in [5, 5.41) is 12.2. The number of likely N-dealkylation sites (N-methyl/N-ethyl adjacent to an activating group) is 1. The molecule has 1 aliphatic rings. The molecular formula is C11H24N2O. The second-order valence-corrected chi connectivity index (χ2v) is 4.86. The van der Waals surface area contributed by atoms with E-state index in [-0.39, 0.29) is 6.61 Å². The molecule has 3 nitrogen and oxygen atoms in total. The lowest BCUT2D eigenvalue weighted by Crippen LogP contribution is -2.46. The van der Waals surface area contributed by atoms with Crippen LogP contribution >= 0.6 is 0 Å². The molecule has 1 aliphatic heterocycles. The van der Waals surface area contributed by atoms with Crippen LogP contribution in [0.4, 0.5) is 0 Å². The lowest BCUT2D eigenvalue weighted by molar-refractivity contribution is 0.147. The van der Waals surface area contributed by atoms with Gasteiger partial charge in [0.05, 0.1) is 0 Å². The molecule has 0 aromatic carbocycles. The Bertz CT molecular complexity index is 171. The van der Waals surface area contributed by atoms with Crippen molar-refractivity contribution in [1.82, 2.24) is 10.2 Å². The van der Waals surface area contributed by atoms with Crippen molar-refractivity contribution in [2.45, 2.75) is 44.7 Å². The standard InChI is InChI=1S/C11H24N2O/c1-11(2)6-4-7-13(11)9-10(12-3)5-8-14/h10,12,14H,4-9H2,1-3H3. The summed E-state index contributed by atoms with van der Waals surface area (Å²) in [5.41, 5.74) is 0.352. The summed E-state index contributed by atoms with van der Waals surface area (Å²) < 4.78 is 0. The molecule has 1 fully saturated rings. The maximum atomic E-state index is 8.91. The van der Waals surface area contributed by atoms with Gasteiger partial charge < -0.3 is 10.4 Å². The lowest BCUT2D eigenvalue weighted by Gasteiger charge is -2.34. The van der Waals surface area contributed by atoms with Crippen LogP contribution in [0.3, 0.4) is 0 Å². The molecule has 1 heterocycles. The van der Waals surface area contributed by atoms with Crippen molar-refractivity contribution >= 4 is 0 Å². The Morgan fingerprint density at radius 2 is 2.21 bits per heavy atom. The number of nitrogens with zero attached hydrogens (tertiary/aromatic N) is 1. The summed E-state index contributed by atoms with van der Waals surface area (Å²) in [6, 6.07) is 0.428. The summed E-state index contributed by atoms with van der Waals surface area (Å²) in [7, 11) is 1.98. The zero-order valence-corrected chi connectivity index (χ0v) is 9.71. The second kappa shape index (κ2) is 5.10. The fraction of sp³-hybridized carbons (Fsp3) is 1.00. The Hall–Kier alpha value is -0.120. The van der Waals surface area contributed by atoms with Gasteiger partial charge in [0.2, 0.25) is 0 Å². The molecule has 2 N–H and O–H groups in total. The molecular weight excluding hydrogens is 176 g/mol. The van der Waals surface area contributed by atoms with Crippen molar-refractivity contribution in [2.75, 3.05) is 26.7 Å². The predicted molar refractivity (Wildman–Crippen MR) is 59.4 cm³/mol. The average Bonchev–Trinajstić information content (AvgIpc) is 2.45. The molecule has 0 aromatic rings. The van der Waals surface area contributed by atoms with E-state index < -0.39 is 0 Å². The van der Waals surface area contributed by atoms with Gasteiger partial charge in [0.25, 0.3) is 0 Å². The highest BCUT2D eigenvalue weighted by Crippen LogP contribution is 2.28. The molecule has 0 amide bonds. The third-order valence-corrected chi connectivity index (χ3v) is 3.40. The van der Waals surface area contributed by atoms with E-state index >= 15 is 0 Å². The highest BCUT2D eigenvalue weighted by atomic mass is 16.3. The fourth-order valence-corrected chi connectivity index (χ4v) is 2.25. The fourth-order valence-electron chi connectivity index (χ4n) is 2.25. The van der Waals surface area contributed by atoms with Crippen molar-refractivity contribution in [3.05, 3.63) is 0 Å². The van der Waals surface area contributed by atoms with Crippen LogP contribution in [0, 0.1) is 0 Å². The smallest absolute Gasteiger partial charge is 0.0446 e. The third-order valence-electron chi connectivity index (χ3n) is 3.40. The normalized spacial score (nSPS) is 24.0. The number of aliphatic hydroxyl groups excluding tert-OH is 1. The maximum absolute atomic E-state index is 8.91. The monoisotopic (exact) mass is 200 g/mol. The van der Waals surface area contributed by atoms with Crippen LogP contribution in [0.15, 0.2) is 0 Å². The van der Waals surface area contributed by atoms with Crippen molar-refractivity contribution in [3.8, 4) is 0 Å². The first kappa shape index (κ1) is 12.0. The average molecular weight is 200 g/mol. The van der Waals surface area contributed by atoms with Gasteiger partial charge in [-0.25, -0.2) is 0 Å². The van der Waals surface area contributed by atoms with Gasteiger partial charge in [0, 0.05) is 24.7 Å². The Morgan fingerprint density at radius 3 is 2.64 bits per heavy atom. The summed E-state index contributed by atoms with van der Waals surface area (Å²) in [6.45, 7) is 7.16. The number of rotatable bonds is 5. The predicted octanol–water partition coefficient (Wildman–Crippen LogP) is 0.831. The molecule has 0 spiro atoms. The zero-order valence-electron chi connectivity index (χ0n) is 9.71. The van der Waals surface area contributed by atoms with Crippen LogP contribution in [0.25, 0.3) is 0 Å². The van der Waals surface area contributed by atoms with Crippen LogP contribution in [-0.4, -0.2) is 48.3 Å². The highest BCUT2D eigenvalue weighted by Gasteiger charge is 2.32. The van der Waals surface area contributed by atoms with Gasteiger partial charge in [0.15, 0.2) is 0 Å². The zero-order chi connectivity index (χ0) is 10.6. The van der Waals surface area contributed by atoms with Gasteiger partial charge >= 0.3 is 0 Å². The van der Waals surface area contributed by atoms with E-state index in [0.29, 0.717) is 11.6 Å². The van der Waals surface area contributed by atoms with E-state index in [2.05, 4.69) is 24.1 Å². The van der Waals surface area contributed by atoms with E-state index in [0.717, 1.165) is 13.0 Å². The molecule has 84 valence electrons. The highest BCUT2D eigenvalue weighted by molar-refractivity contribution is 4.89. The van der Waals surface area contributed by atoms with Gasteiger partial charge in [-0.05, 0) is 46.7 Å². The molecule has 1 unspecified atom stereocenters. The van der Waals surface area contributed by atoms with Gasteiger partial charge in [-0.3, -0.25) is 4.90 Å². The van der Waals surface area contributed by atoms with Crippen LogP contribution in [-0.2, 0) is 0 Å². The first-order chi connectivity index (χ1) is 6.60. The van der Waals surface area contributed by atoms with E-state index in [9.17, 15) is 0 Å². The summed E-state index contributed by atoms with van der Waals surface area (Å²) in [6.07, 6.45) is 3.45. The van der Waals surface area contributed by atoms with Crippen molar-refractivity contribution in [3.63, 3.8) is 0 Å². The lowest BCUT2D eigenvalue weighted by atomic mass is 10.0. The van der Waals surface area contributed by atoms with Gasteiger partial charge in [-0.15, -0.1) is 0 Å². The van der Waals surface area contributed by atoms with E-state index in [4.69, 9.17) is 5.11 Å². The largest absolute Gasteiger partial charge is 0.396 e. The van der Waals surface area contributed by atoms with Gasteiger partial charge in [-0.1, -0.05) is 0 Å². The number of hydrogen-bond donors (Lipinski definition) is 2. The quantitative estimate of drug-likeness (QED) is 0.690. The molecule has 1 rings (SSSR count). The Kier molecular flexibility index (Phi) is 4.35. The van der Waals surface area contributed by atoms with E-state index in [1.165, 1.54) is 19.4 Å². The summed E-state index contributed by atoms with van der Waals surface area (Å²) in [5.74, 6) is 0. The Morgan fingerprint density at radius 1 is 1.50 bits per heavy atom. The molecule has 0 radical (unpaired) electrons. The molecule has 0 aliphatic carbocycles. The van der Waals surface area contributed by atoms with E-state index in [1.54, 1.807) is 0 Å². The first-order valence-corrected chi connectivity index (χ1v) is 5.63. The minimum atomic E-state index is 0.278. The second-order valence-electron chi connectivity index (χ2n) is 4.86. The topological polar surface area (TPSA) is 35.5 Å². The van der Waals surface area contributed by atoms with Crippen LogP contribution < -0.4 is 5.32 Å². The summed E-state index contributed by atoms with van der Waals surface area (Å²) in [4.78, 5) is 2.53. The molecule has 1 atom stereocenters. The number of nitrogens with one attached hydrogen (secondary N) is 1. The minimum absolute atomic E-state index is 0.278. The van der Waals surface area contributed by atoms with Crippen molar-refractivity contribution < 1.29 is 5.11 Å². The van der Waals surface area contributed by atoms with Crippen molar-refractivity contribution in [2.24, 2.45) is 0 Å². The Balaban J connectivity index is 2.41. The number of likely N-dealkylation sites (tertiary alicyclic amines) is 1. The molecule has 0 saturated carbocycles. The maximum Gasteiger partial charge on any atom is 0.0446 e. The Labute approximate surface area is 87.5 Å². The van der Waals surface area contributed by atoms with Gasteiger partial charge in [0.1, 0.15) is 0 Å². The summed E-state index contributed by atoms with van der Waals surface area (Å²) >= 11 is 0.